The van der Waals surface area contributed by atoms with Crippen molar-refractivity contribution < 1.29 is 19.1 Å². The van der Waals surface area contributed by atoms with Gasteiger partial charge < -0.3 is 20.3 Å². The number of hydrogen-bond acceptors (Lipinski definition) is 4. The molecule has 2 aromatic carbocycles. The van der Waals surface area contributed by atoms with Crippen LogP contribution in [0, 0.1) is 11.8 Å². The summed E-state index contributed by atoms with van der Waals surface area (Å²) in [5.41, 5.74) is 1.01. The molecule has 0 aromatic heterocycles. The zero-order chi connectivity index (χ0) is 26.5. The fourth-order valence-electron chi connectivity index (χ4n) is 4.24. The molecule has 2 aromatic rings. The van der Waals surface area contributed by atoms with Crippen LogP contribution < -0.4 is 10.6 Å². The minimum Gasteiger partial charge on any atom is -0.444 e. The molecule has 0 spiro atoms. The van der Waals surface area contributed by atoms with E-state index in [1.165, 1.54) is 0 Å². The van der Waals surface area contributed by atoms with Crippen LogP contribution in [0.4, 0.5) is 4.79 Å². The van der Waals surface area contributed by atoms with Crippen LogP contribution in [-0.4, -0.2) is 40.5 Å². The van der Waals surface area contributed by atoms with Crippen LogP contribution in [-0.2, 0) is 20.9 Å². The molecule has 3 rings (SSSR count). The number of rotatable bonds is 9. The summed E-state index contributed by atoms with van der Waals surface area (Å²) in [6.45, 7) is 11.5. The number of ether oxygens (including phenoxy) is 1. The Kier molecular flexibility index (Phi) is 8.77. The molecule has 0 radical (unpaired) electrons. The molecule has 4 atom stereocenters. The Morgan fingerprint density at radius 2 is 1.56 bits per heavy atom. The fourth-order valence-corrected chi connectivity index (χ4v) is 4.24. The second-order valence-electron chi connectivity index (χ2n) is 10.9. The van der Waals surface area contributed by atoms with E-state index in [9.17, 15) is 14.4 Å². The molecule has 2 N–H and O–H groups in total. The van der Waals surface area contributed by atoms with E-state index in [1.54, 1.807) is 25.7 Å². The third kappa shape index (κ3) is 7.33. The van der Waals surface area contributed by atoms with E-state index in [4.69, 9.17) is 4.74 Å². The van der Waals surface area contributed by atoms with Gasteiger partial charge in [-0.25, -0.2) is 4.79 Å². The highest BCUT2D eigenvalue weighted by Crippen LogP contribution is 2.41. The van der Waals surface area contributed by atoms with E-state index in [2.05, 4.69) is 17.6 Å². The van der Waals surface area contributed by atoms with Gasteiger partial charge in [0.05, 0.1) is 0 Å². The van der Waals surface area contributed by atoms with Gasteiger partial charge in [-0.1, -0.05) is 81.4 Å². The van der Waals surface area contributed by atoms with Crippen LogP contribution in [0.2, 0.25) is 0 Å². The van der Waals surface area contributed by atoms with Crippen molar-refractivity contribution in [3.8, 4) is 0 Å². The summed E-state index contributed by atoms with van der Waals surface area (Å²) in [6, 6.07) is 17.3. The van der Waals surface area contributed by atoms with Gasteiger partial charge in [0, 0.05) is 12.6 Å². The Bertz CT molecular complexity index is 1030. The standard InChI is InChI=1S/C29H39N3O4/c1-19(2)24(31-28(35)36-29(4,5)6)27(34)32(23-17-20(23)3)25(22-15-11-8-12-16-22)26(33)30-18-21-13-9-7-10-14-21/h7-16,19-20,23-25H,17-18H2,1-6H3,(H,30,33)(H,31,35). The molecule has 1 saturated carbocycles. The van der Waals surface area contributed by atoms with Crippen LogP contribution >= 0.6 is 0 Å². The number of nitrogens with one attached hydrogen (secondary N) is 2. The number of hydrogen-bond donors (Lipinski definition) is 2. The van der Waals surface area contributed by atoms with Gasteiger partial charge in [0.15, 0.2) is 0 Å². The van der Waals surface area contributed by atoms with Crippen LogP contribution in [0.1, 0.15) is 65.1 Å². The molecule has 3 amide bonds. The van der Waals surface area contributed by atoms with Crippen molar-refractivity contribution in [2.24, 2.45) is 11.8 Å². The van der Waals surface area contributed by atoms with Crippen molar-refractivity contribution in [2.45, 2.75) is 78.2 Å². The molecule has 7 nitrogen and oxygen atoms in total. The zero-order valence-corrected chi connectivity index (χ0v) is 22.2. The first-order chi connectivity index (χ1) is 17.0. The normalized spacial score (nSPS) is 18.6. The Balaban J connectivity index is 1.92. The molecular formula is C29H39N3O4. The minimum atomic E-state index is -0.833. The molecule has 36 heavy (non-hydrogen) atoms. The van der Waals surface area contributed by atoms with Crippen molar-refractivity contribution in [2.75, 3.05) is 0 Å². The van der Waals surface area contributed by atoms with Gasteiger partial charge in [0.1, 0.15) is 17.7 Å². The molecule has 7 heteroatoms. The number of alkyl carbamates (subject to hydrolysis) is 1. The number of carbonyl (C=O) groups is 3. The second-order valence-corrected chi connectivity index (χ2v) is 10.9. The van der Waals surface area contributed by atoms with E-state index < -0.39 is 23.8 Å². The lowest BCUT2D eigenvalue weighted by Gasteiger charge is -2.36. The average molecular weight is 494 g/mol. The quantitative estimate of drug-likeness (QED) is 0.524. The number of nitrogens with zero attached hydrogens (tertiary/aromatic N) is 1. The third-order valence-electron chi connectivity index (χ3n) is 6.24. The Hall–Kier alpha value is -3.35. The molecule has 194 valence electrons. The minimum absolute atomic E-state index is 0.0909. The number of carbonyl (C=O) groups excluding carboxylic acids is 3. The van der Waals surface area contributed by atoms with Crippen molar-refractivity contribution in [1.82, 2.24) is 15.5 Å². The summed E-state index contributed by atoms with van der Waals surface area (Å²) in [7, 11) is 0. The first-order valence-corrected chi connectivity index (χ1v) is 12.7. The zero-order valence-electron chi connectivity index (χ0n) is 22.2. The van der Waals surface area contributed by atoms with Crippen LogP contribution in [0.3, 0.4) is 0 Å². The van der Waals surface area contributed by atoms with Gasteiger partial charge in [-0.2, -0.15) is 0 Å². The largest absolute Gasteiger partial charge is 0.444 e. The summed E-state index contributed by atoms with van der Waals surface area (Å²) in [6.07, 6.45) is 0.154. The van der Waals surface area contributed by atoms with E-state index in [1.807, 2.05) is 74.5 Å². The van der Waals surface area contributed by atoms with Crippen molar-refractivity contribution in [3.05, 3.63) is 71.8 Å². The third-order valence-corrected chi connectivity index (χ3v) is 6.24. The molecule has 4 unspecified atom stereocenters. The maximum absolute atomic E-state index is 14.1. The summed E-state index contributed by atoms with van der Waals surface area (Å²) < 4.78 is 5.43. The molecule has 0 saturated heterocycles. The molecule has 0 heterocycles. The van der Waals surface area contributed by atoms with Gasteiger partial charge >= 0.3 is 6.09 Å². The first-order valence-electron chi connectivity index (χ1n) is 12.7. The van der Waals surface area contributed by atoms with Gasteiger partial charge in [-0.15, -0.1) is 0 Å². The average Bonchev–Trinajstić information content (AvgIpc) is 3.54. The molecule has 1 aliphatic carbocycles. The Morgan fingerprint density at radius 3 is 2.06 bits per heavy atom. The summed E-state index contributed by atoms with van der Waals surface area (Å²) in [4.78, 5) is 42.1. The van der Waals surface area contributed by atoms with Crippen molar-refractivity contribution in [1.29, 1.82) is 0 Å². The molecule has 1 fully saturated rings. The lowest BCUT2D eigenvalue weighted by molar-refractivity contribution is -0.144. The Labute approximate surface area is 214 Å². The fraction of sp³-hybridized carbons (Fsp3) is 0.483. The van der Waals surface area contributed by atoms with E-state index in [0.29, 0.717) is 6.54 Å². The van der Waals surface area contributed by atoms with E-state index in [0.717, 1.165) is 17.5 Å². The molecule has 0 bridgehead atoms. The summed E-state index contributed by atoms with van der Waals surface area (Å²) in [5.74, 6) is -0.479. The monoisotopic (exact) mass is 493 g/mol. The maximum atomic E-state index is 14.1. The topological polar surface area (TPSA) is 87.7 Å². The number of amides is 3. The van der Waals surface area contributed by atoms with Crippen LogP contribution in [0.5, 0.6) is 0 Å². The molecule has 1 aliphatic rings. The van der Waals surface area contributed by atoms with Gasteiger partial charge in [0.2, 0.25) is 11.8 Å². The highest BCUT2D eigenvalue weighted by Gasteiger charge is 2.48. The number of benzene rings is 2. The summed E-state index contributed by atoms with van der Waals surface area (Å²) in [5, 5.41) is 5.80. The predicted molar refractivity (Wildman–Crippen MR) is 140 cm³/mol. The summed E-state index contributed by atoms with van der Waals surface area (Å²) >= 11 is 0. The van der Waals surface area contributed by atoms with Gasteiger partial charge in [0.25, 0.3) is 0 Å². The SMILES string of the molecule is CC(C)C(NC(=O)OC(C)(C)C)C(=O)N(C(C(=O)NCc1ccccc1)c1ccccc1)C1CC1C. The second kappa shape index (κ2) is 11.6. The van der Waals surface area contributed by atoms with Crippen molar-refractivity contribution >= 4 is 17.9 Å². The lowest BCUT2D eigenvalue weighted by Crippen LogP contribution is -2.55. The van der Waals surface area contributed by atoms with Gasteiger partial charge in [-0.05, 0) is 50.2 Å². The molecular weight excluding hydrogens is 454 g/mol. The smallest absolute Gasteiger partial charge is 0.408 e. The van der Waals surface area contributed by atoms with Crippen LogP contribution in [0.25, 0.3) is 0 Å². The Morgan fingerprint density at radius 1 is 1.00 bits per heavy atom. The van der Waals surface area contributed by atoms with E-state index in [-0.39, 0.29) is 29.7 Å². The highest BCUT2D eigenvalue weighted by atomic mass is 16.6. The lowest BCUT2D eigenvalue weighted by atomic mass is 9.98. The predicted octanol–water partition coefficient (Wildman–Crippen LogP) is 4.83. The van der Waals surface area contributed by atoms with Gasteiger partial charge in [-0.3, -0.25) is 9.59 Å². The van der Waals surface area contributed by atoms with Crippen LogP contribution in [0.15, 0.2) is 60.7 Å². The van der Waals surface area contributed by atoms with E-state index >= 15 is 0 Å². The van der Waals surface area contributed by atoms with Crippen molar-refractivity contribution in [3.63, 3.8) is 0 Å². The first kappa shape index (κ1) is 27.2. The molecule has 0 aliphatic heterocycles. The highest BCUT2D eigenvalue weighted by molar-refractivity contribution is 5.92. The maximum Gasteiger partial charge on any atom is 0.408 e.